The van der Waals surface area contributed by atoms with E-state index in [1.165, 1.54) is 6.08 Å². The monoisotopic (exact) mass is 282 g/mol. The molecule has 0 heterocycles. The van der Waals surface area contributed by atoms with Gasteiger partial charge in [-0.3, -0.25) is 0 Å². The van der Waals surface area contributed by atoms with Crippen LogP contribution in [0.3, 0.4) is 0 Å². The van der Waals surface area contributed by atoms with Crippen molar-refractivity contribution in [1.29, 1.82) is 0 Å². The van der Waals surface area contributed by atoms with Crippen LogP contribution in [-0.4, -0.2) is 17.7 Å². The number of benzene rings is 1. The lowest BCUT2D eigenvalue weighted by atomic mass is 10.1. The van der Waals surface area contributed by atoms with Crippen molar-refractivity contribution >= 4 is 23.6 Å². The van der Waals surface area contributed by atoms with E-state index in [4.69, 9.17) is 21.4 Å². The summed E-state index contributed by atoms with van der Waals surface area (Å²) in [5.74, 6) is 0.316. The Balaban J connectivity index is 2.68. The van der Waals surface area contributed by atoms with E-state index in [0.717, 1.165) is 18.9 Å². The number of rotatable bonds is 7. The molecule has 0 aliphatic heterocycles. The van der Waals surface area contributed by atoms with Crippen LogP contribution in [-0.2, 0) is 4.79 Å². The molecule has 0 unspecified atom stereocenters. The van der Waals surface area contributed by atoms with E-state index in [-0.39, 0.29) is 0 Å². The maximum Gasteiger partial charge on any atom is 0.328 e. The predicted molar refractivity (Wildman–Crippen MR) is 77.7 cm³/mol. The summed E-state index contributed by atoms with van der Waals surface area (Å²) in [6, 6.07) is 5.19. The van der Waals surface area contributed by atoms with Crippen molar-refractivity contribution in [3.05, 3.63) is 34.9 Å². The van der Waals surface area contributed by atoms with E-state index < -0.39 is 5.97 Å². The Morgan fingerprint density at radius 3 is 2.84 bits per heavy atom. The van der Waals surface area contributed by atoms with Crippen LogP contribution in [0.4, 0.5) is 0 Å². The van der Waals surface area contributed by atoms with Gasteiger partial charge in [0.1, 0.15) is 5.75 Å². The second kappa shape index (κ2) is 7.85. The molecule has 19 heavy (non-hydrogen) atoms. The number of carboxylic acids is 1. The fourth-order valence-corrected chi connectivity index (χ4v) is 1.80. The van der Waals surface area contributed by atoms with Crippen molar-refractivity contribution < 1.29 is 14.6 Å². The zero-order valence-electron chi connectivity index (χ0n) is 11.2. The summed E-state index contributed by atoms with van der Waals surface area (Å²) in [5, 5.41) is 9.20. The number of carbonyl (C=O) groups is 1. The number of halogens is 1. The van der Waals surface area contributed by atoms with Crippen molar-refractivity contribution in [3.8, 4) is 5.75 Å². The smallest absolute Gasteiger partial charge is 0.328 e. The van der Waals surface area contributed by atoms with Crippen LogP contribution in [0, 0.1) is 5.92 Å². The maximum atomic E-state index is 10.5. The van der Waals surface area contributed by atoms with Gasteiger partial charge in [0.05, 0.1) is 6.61 Å². The van der Waals surface area contributed by atoms with Gasteiger partial charge in [-0.05, 0) is 43.0 Å². The van der Waals surface area contributed by atoms with Gasteiger partial charge in [-0.15, -0.1) is 0 Å². The molecule has 0 amide bonds. The van der Waals surface area contributed by atoms with Gasteiger partial charge in [0, 0.05) is 16.7 Å². The molecule has 0 atom stereocenters. The fraction of sp³-hybridized carbons (Fsp3) is 0.400. The molecular weight excluding hydrogens is 264 g/mol. The van der Waals surface area contributed by atoms with Crippen molar-refractivity contribution in [1.82, 2.24) is 0 Å². The average molecular weight is 283 g/mol. The molecule has 3 nitrogen and oxygen atoms in total. The predicted octanol–water partition coefficient (Wildman–Crippen LogP) is 4.25. The summed E-state index contributed by atoms with van der Waals surface area (Å²) in [4.78, 5) is 10.5. The zero-order chi connectivity index (χ0) is 14.3. The largest absolute Gasteiger partial charge is 0.493 e. The van der Waals surface area contributed by atoms with Crippen LogP contribution in [0.15, 0.2) is 24.3 Å². The molecular formula is C15H19ClO3. The molecule has 0 aliphatic rings. The summed E-state index contributed by atoms with van der Waals surface area (Å²) in [7, 11) is 0. The molecule has 1 aromatic carbocycles. The van der Waals surface area contributed by atoms with Crippen molar-refractivity contribution in [2.24, 2.45) is 5.92 Å². The molecule has 0 aliphatic carbocycles. The Morgan fingerprint density at radius 1 is 1.47 bits per heavy atom. The van der Waals surface area contributed by atoms with E-state index in [1.54, 1.807) is 18.2 Å². The normalized spacial score (nSPS) is 11.2. The minimum Gasteiger partial charge on any atom is -0.493 e. The van der Waals surface area contributed by atoms with Gasteiger partial charge in [-0.2, -0.15) is 0 Å². The van der Waals surface area contributed by atoms with Gasteiger partial charge < -0.3 is 9.84 Å². The van der Waals surface area contributed by atoms with E-state index in [9.17, 15) is 4.79 Å². The number of hydrogen-bond acceptors (Lipinski definition) is 2. The number of ether oxygens (including phenoxy) is 1. The lowest BCUT2D eigenvalue weighted by Crippen LogP contribution is -2.01. The summed E-state index contributed by atoms with van der Waals surface area (Å²) in [6.07, 6.45) is 4.65. The van der Waals surface area contributed by atoms with Crippen molar-refractivity contribution in [2.75, 3.05) is 6.61 Å². The molecule has 4 heteroatoms. The van der Waals surface area contributed by atoms with Crippen LogP contribution in [0.2, 0.25) is 5.02 Å². The van der Waals surface area contributed by atoms with Crippen LogP contribution >= 0.6 is 11.6 Å². The minimum atomic E-state index is -0.995. The average Bonchev–Trinajstić information content (AvgIpc) is 2.33. The lowest BCUT2D eigenvalue weighted by Gasteiger charge is -2.10. The van der Waals surface area contributed by atoms with Gasteiger partial charge in [0.15, 0.2) is 0 Å². The molecule has 1 aromatic rings. The van der Waals surface area contributed by atoms with Gasteiger partial charge in [-0.1, -0.05) is 25.4 Å². The second-order valence-corrected chi connectivity index (χ2v) is 5.17. The first-order chi connectivity index (χ1) is 8.99. The third-order valence-corrected chi connectivity index (χ3v) is 2.80. The standard InChI is InChI=1S/C15H19ClO3/c1-11(2)4-3-9-19-14-7-6-13(16)10-12(14)5-8-15(17)18/h5-8,10-11H,3-4,9H2,1-2H3,(H,17,18)/b8-5+. The first-order valence-corrected chi connectivity index (χ1v) is 6.70. The van der Waals surface area contributed by atoms with Crippen LogP contribution in [0.5, 0.6) is 5.75 Å². The van der Waals surface area contributed by atoms with Gasteiger partial charge in [-0.25, -0.2) is 4.79 Å². The third kappa shape index (κ3) is 6.30. The molecule has 1 N–H and O–H groups in total. The van der Waals surface area contributed by atoms with E-state index in [1.807, 2.05) is 0 Å². The van der Waals surface area contributed by atoms with E-state index >= 15 is 0 Å². The summed E-state index contributed by atoms with van der Waals surface area (Å²) >= 11 is 5.90. The summed E-state index contributed by atoms with van der Waals surface area (Å²) in [6.45, 7) is 4.96. The Labute approximate surface area is 118 Å². The van der Waals surface area contributed by atoms with Crippen LogP contribution < -0.4 is 4.74 Å². The summed E-state index contributed by atoms with van der Waals surface area (Å²) < 4.78 is 5.67. The number of aliphatic carboxylic acids is 1. The Hall–Kier alpha value is -1.48. The van der Waals surface area contributed by atoms with Gasteiger partial charge in [0.2, 0.25) is 0 Å². The highest BCUT2D eigenvalue weighted by atomic mass is 35.5. The quantitative estimate of drug-likeness (QED) is 0.600. The Morgan fingerprint density at radius 2 is 2.21 bits per heavy atom. The molecule has 0 aromatic heterocycles. The first-order valence-electron chi connectivity index (χ1n) is 6.32. The molecule has 0 saturated carbocycles. The fourth-order valence-electron chi connectivity index (χ4n) is 1.62. The highest BCUT2D eigenvalue weighted by Crippen LogP contribution is 2.24. The highest BCUT2D eigenvalue weighted by Gasteiger charge is 2.03. The third-order valence-electron chi connectivity index (χ3n) is 2.56. The van der Waals surface area contributed by atoms with Crippen molar-refractivity contribution in [2.45, 2.75) is 26.7 Å². The number of hydrogen-bond donors (Lipinski definition) is 1. The molecule has 104 valence electrons. The van der Waals surface area contributed by atoms with E-state index in [2.05, 4.69) is 13.8 Å². The van der Waals surface area contributed by atoms with Gasteiger partial charge in [0.25, 0.3) is 0 Å². The van der Waals surface area contributed by atoms with Crippen LogP contribution in [0.25, 0.3) is 6.08 Å². The summed E-state index contributed by atoms with van der Waals surface area (Å²) in [5.41, 5.74) is 0.680. The zero-order valence-corrected chi connectivity index (χ0v) is 12.0. The highest BCUT2D eigenvalue weighted by molar-refractivity contribution is 6.30. The molecule has 0 saturated heterocycles. The molecule has 0 bridgehead atoms. The molecule has 0 spiro atoms. The minimum absolute atomic E-state index is 0.555. The molecule has 0 radical (unpaired) electrons. The van der Waals surface area contributed by atoms with E-state index in [0.29, 0.717) is 28.9 Å². The number of carboxylic acid groups (broad SMARTS) is 1. The maximum absolute atomic E-state index is 10.5. The topological polar surface area (TPSA) is 46.5 Å². The SMILES string of the molecule is CC(C)CCCOc1ccc(Cl)cc1/C=C/C(=O)O. The lowest BCUT2D eigenvalue weighted by molar-refractivity contribution is -0.131. The Kier molecular flexibility index (Phi) is 6.43. The molecule has 1 rings (SSSR count). The van der Waals surface area contributed by atoms with Gasteiger partial charge >= 0.3 is 5.97 Å². The van der Waals surface area contributed by atoms with Crippen molar-refractivity contribution in [3.63, 3.8) is 0 Å². The molecule has 0 fully saturated rings. The first kappa shape index (κ1) is 15.6. The van der Waals surface area contributed by atoms with Crippen LogP contribution in [0.1, 0.15) is 32.3 Å². The Bertz CT molecular complexity index is 453. The second-order valence-electron chi connectivity index (χ2n) is 4.74.